The molecule has 5 nitrogen and oxygen atoms in total. The van der Waals surface area contributed by atoms with Crippen molar-refractivity contribution in [2.45, 2.75) is 12.5 Å². The lowest BCUT2D eigenvalue weighted by molar-refractivity contribution is 0.194. The monoisotopic (exact) mass is 260 g/mol. The van der Waals surface area contributed by atoms with Gasteiger partial charge in [0.05, 0.1) is 7.11 Å². The third-order valence-electron chi connectivity index (χ3n) is 2.27. The average Bonchev–Trinajstić information content (AvgIpc) is 2.28. The fraction of sp³-hybridized carbons (Fsp3) is 0.364. The predicted octanol–water partition coefficient (Wildman–Crippen LogP) is 1.77. The fourth-order valence-corrected chi connectivity index (χ4v) is 1.46. The van der Waals surface area contributed by atoms with Crippen molar-refractivity contribution < 1.29 is 14.6 Å². The summed E-state index contributed by atoms with van der Waals surface area (Å²) in [6.45, 7) is 0.328. The van der Waals surface area contributed by atoms with E-state index in [1.165, 1.54) is 0 Å². The molecule has 6 heteroatoms. The highest BCUT2D eigenvalue weighted by Crippen LogP contribution is 2.24. The molecule has 1 rings (SSSR count). The second kappa shape index (κ2) is 7.76. The Morgan fingerprint density at radius 3 is 2.76 bits per heavy atom. The highest BCUT2D eigenvalue weighted by atomic mass is 35.5. The first-order valence-corrected chi connectivity index (χ1v) is 5.00. The SMILES string of the molecule is COc1ccccc1C(N)CCNC(=O)O.Cl. The molecular weight excluding hydrogens is 244 g/mol. The maximum atomic E-state index is 10.3. The molecule has 1 unspecified atom stereocenters. The van der Waals surface area contributed by atoms with Gasteiger partial charge in [0.1, 0.15) is 5.75 Å². The summed E-state index contributed by atoms with van der Waals surface area (Å²) < 4.78 is 5.18. The lowest BCUT2D eigenvalue weighted by atomic mass is 10.0. The van der Waals surface area contributed by atoms with Crippen LogP contribution in [0.5, 0.6) is 5.75 Å². The van der Waals surface area contributed by atoms with E-state index < -0.39 is 6.09 Å². The third-order valence-corrected chi connectivity index (χ3v) is 2.27. The minimum absolute atomic E-state index is 0. The summed E-state index contributed by atoms with van der Waals surface area (Å²) in [6.07, 6.45) is -0.501. The Morgan fingerprint density at radius 2 is 2.18 bits per heavy atom. The first-order chi connectivity index (χ1) is 7.65. The normalized spacial score (nSPS) is 11.2. The maximum absolute atomic E-state index is 10.3. The molecule has 1 amide bonds. The van der Waals surface area contributed by atoms with Gasteiger partial charge in [-0.2, -0.15) is 0 Å². The predicted molar refractivity (Wildman–Crippen MR) is 67.8 cm³/mol. The van der Waals surface area contributed by atoms with Crippen LogP contribution in [0.1, 0.15) is 18.0 Å². The summed E-state index contributed by atoms with van der Waals surface area (Å²) >= 11 is 0. The number of methoxy groups -OCH3 is 1. The van der Waals surface area contributed by atoms with Crippen molar-refractivity contribution in [3.8, 4) is 5.75 Å². The topological polar surface area (TPSA) is 84.6 Å². The van der Waals surface area contributed by atoms with Crippen LogP contribution in [-0.2, 0) is 0 Å². The summed E-state index contributed by atoms with van der Waals surface area (Å²) in [5.41, 5.74) is 6.83. The van der Waals surface area contributed by atoms with Crippen LogP contribution < -0.4 is 15.8 Å². The van der Waals surface area contributed by atoms with Crippen LogP contribution in [0.2, 0.25) is 0 Å². The second-order valence-corrected chi connectivity index (χ2v) is 3.37. The van der Waals surface area contributed by atoms with E-state index in [1.54, 1.807) is 7.11 Å². The van der Waals surface area contributed by atoms with Crippen molar-refractivity contribution in [1.82, 2.24) is 5.32 Å². The highest BCUT2D eigenvalue weighted by molar-refractivity contribution is 5.85. The molecule has 0 heterocycles. The number of nitrogens with one attached hydrogen (secondary N) is 1. The zero-order chi connectivity index (χ0) is 12.0. The van der Waals surface area contributed by atoms with Crippen LogP contribution >= 0.6 is 12.4 Å². The Balaban J connectivity index is 0.00000256. The summed E-state index contributed by atoms with van der Waals surface area (Å²) in [7, 11) is 1.58. The number of benzene rings is 1. The Hall–Kier alpha value is -1.46. The van der Waals surface area contributed by atoms with Crippen LogP contribution in [0.4, 0.5) is 4.79 Å². The molecule has 0 aliphatic carbocycles. The molecule has 0 fully saturated rings. The van der Waals surface area contributed by atoms with E-state index in [4.69, 9.17) is 15.6 Å². The van der Waals surface area contributed by atoms with E-state index in [0.717, 1.165) is 11.3 Å². The standard InChI is InChI=1S/C11H16N2O3.ClH/c1-16-10-5-3-2-4-8(10)9(12)6-7-13-11(14)15;/h2-5,9,13H,6-7,12H2,1H3,(H,14,15);1H. The van der Waals surface area contributed by atoms with Gasteiger partial charge in [-0.25, -0.2) is 4.79 Å². The van der Waals surface area contributed by atoms with E-state index in [-0.39, 0.29) is 18.4 Å². The zero-order valence-corrected chi connectivity index (χ0v) is 10.4. The number of hydrogen-bond acceptors (Lipinski definition) is 3. The van der Waals surface area contributed by atoms with Crippen molar-refractivity contribution in [3.63, 3.8) is 0 Å². The second-order valence-electron chi connectivity index (χ2n) is 3.37. The van der Waals surface area contributed by atoms with Crippen LogP contribution in [-0.4, -0.2) is 24.9 Å². The molecular formula is C11H17ClN2O3. The molecule has 0 radical (unpaired) electrons. The van der Waals surface area contributed by atoms with Gasteiger partial charge in [0, 0.05) is 18.2 Å². The smallest absolute Gasteiger partial charge is 0.404 e. The van der Waals surface area contributed by atoms with Crippen molar-refractivity contribution >= 4 is 18.5 Å². The molecule has 0 aromatic heterocycles. The van der Waals surface area contributed by atoms with Crippen LogP contribution in [0.3, 0.4) is 0 Å². The van der Waals surface area contributed by atoms with Gasteiger partial charge in [0.15, 0.2) is 0 Å². The van der Waals surface area contributed by atoms with Gasteiger partial charge < -0.3 is 20.9 Å². The van der Waals surface area contributed by atoms with Crippen molar-refractivity contribution in [2.24, 2.45) is 5.73 Å². The van der Waals surface area contributed by atoms with Crippen molar-refractivity contribution in [1.29, 1.82) is 0 Å². The largest absolute Gasteiger partial charge is 0.496 e. The van der Waals surface area contributed by atoms with Gasteiger partial charge in [0.2, 0.25) is 0 Å². The van der Waals surface area contributed by atoms with Crippen molar-refractivity contribution in [2.75, 3.05) is 13.7 Å². The minimum Gasteiger partial charge on any atom is -0.496 e. The lowest BCUT2D eigenvalue weighted by Crippen LogP contribution is -2.25. The fourth-order valence-electron chi connectivity index (χ4n) is 1.46. The summed E-state index contributed by atoms with van der Waals surface area (Å²) in [5, 5.41) is 10.7. The van der Waals surface area contributed by atoms with Crippen LogP contribution in [0.25, 0.3) is 0 Å². The molecule has 0 bridgehead atoms. The zero-order valence-electron chi connectivity index (χ0n) is 9.55. The number of hydrogen-bond donors (Lipinski definition) is 3. The maximum Gasteiger partial charge on any atom is 0.404 e. The van der Waals surface area contributed by atoms with Crippen LogP contribution in [0.15, 0.2) is 24.3 Å². The molecule has 0 saturated heterocycles. The molecule has 1 aromatic rings. The van der Waals surface area contributed by atoms with Gasteiger partial charge >= 0.3 is 6.09 Å². The quantitative estimate of drug-likeness (QED) is 0.753. The molecule has 0 spiro atoms. The molecule has 96 valence electrons. The Kier molecular flexibility index (Phi) is 7.09. The number of carbonyl (C=O) groups is 1. The van der Waals surface area contributed by atoms with Gasteiger partial charge in [-0.15, -0.1) is 12.4 Å². The molecule has 4 N–H and O–H groups in total. The minimum atomic E-state index is -1.03. The molecule has 17 heavy (non-hydrogen) atoms. The number of nitrogens with two attached hydrogens (primary N) is 1. The number of amides is 1. The average molecular weight is 261 g/mol. The van der Waals surface area contributed by atoms with E-state index >= 15 is 0 Å². The number of halogens is 1. The van der Waals surface area contributed by atoms with E-state index in [9.17, 15) is 4.79 Å². The van der Waals surface area contributed by atoms with Crippen LogP contribution in [0, 0.1) is 0 Å². The Morgan fingerprint density at radius 1 is 1.53 bits per heavy atom. The highest BCUT2D eigenvalue weighted by Gasteiger charge is 2.11. The molecule has 0 saturated carbocycles. The molecule has 1 atom stereocenters. The number of rotatable bonds is 5. The number of ether oxygens (including phenoxy) is 1. The van der Waals surface area contributed by atoms with Gasteiger partial charge in [-0.1, -0.05) is 18.2 Å². The molecule has 0 aliphatic rings. The van der Waals surface area contributed by atoms with Gasteiger partial charge in [0.25, 0.3) is 0 Å². The summed E-state index contributed by atoms with van der Waals surface area (Å²) in [4.78, 5) is 10.3. The first kappa shape index (κ1) is 15.5. The summed E-state index contributed by atoms with van der Waals surface area (Å²) in [6, 6.07) is 7.22. The number of carboxylic acid groups (broad SMARTS) is 1. The van der Waals surface area contributed by atoms with E-state index in [0.29, 0.717) is 13.0 Å². The molecule has 0 aliphatic heterocycles. The third kappa shape index (κ3) is 4.93. The Bertz CT molecular complexity index is 360. The van der Waals surface area contributed by atoms with Crippen molar-refractivity contribution in [3.05, 3.63) is 29.8 Å². The number of para-hydroxylation sites is 1. The lowest BCUT2D eigenvalue weighted by Gasteiger charge is -2.15. The summed E-state index contributed by atoms with van der Waals surface area (Å²) in [5.74, 6) is 0.727. The van der Waals surface area contributed by atoms with E-state index in [1.807, 2.05) is 24.3 Å². The van der Waals surface area contributed by atoms with Gasteiger partial charge in [-0.3, -0.25) is 0 Å². The first-order valence-electron chi connectivity index (χ1n) is 5.00. The van der Waals surface area contributed by atoms with E-state index in [2.05, 4.69) is 5.32 Å². The molecule has 1 aromatic carbocycles. The van der Waals surface area contributed by atoms with Gasteiger partial charge in [-0.05, 0) is 12.5 Å². The Labute approximate surface area is 106 Å².